The van der Waals surface area contributed by atoms with Crippen LogP contribution in [0, 0.1) is 18.3 Å². The van der Waals surface area contributed by atoms with Crippen molar-refractivity contribution in [3.63, 3.8) is 0 Å². The molecule has 1 amide bonds. The van der Waals surface area contributed by atoms with Crippen molar-refractivity contribution >= 4 is 51.0 Å². The standard InChI is InChI=1S/C23H16Cl2N2O4S/c1-15-2-9-20(10-3-15)32(29,30)31-19-7-4-16(5-8-19)12-17(14-26)23(28)27-18-6-11-21(24)22(25)13-18/h2-13H,1H3,(H,27,28)/b17-12-. The van der Waals surface area contributed by atoms with Crippen molar-refractivity contribution in [1.29, 1.82) is 5.26 Å². The third kappa shape index (κ3) is 5.89. The van der Waals surface area contributed by atoms with E-state index in [1.54, 1.807) is 18.2 Å². The maximum atomic E-state index is 12.4. The van der Waals surface area contributed by atoms with Crippen LogP contribution in [0.4, 0.5) is 5.69 Å². The monoisotopic (exact) mass is 486 g/mol. The number of carbonyl (C=O) groups excluding carboxylic acids is 1. The molecule has 0 aliphatic rings. The summed E-state index contributed by atoms with van der Waals surface area (Å²) < 4.78 is 29.9. The first kappa shape index (κ1) is 23.4. The van der Waals surface area contributed by atoms with E-state index < -0.39 is 16.0 Å². The lowest BCUT2D eigenvalue weighted by Gasteiger charge is -2.08. The predicted octanol–water partition coefficient (Wildman–Crippen LogP) is 5.62. The summed E-state index contributed by atoms with van der Waals surface area (Å²) in [6.07, 6.45) is 1.37. The second-order valence-electron chi connectivity index (χ2n) is 6.67. The van der Waals surface area contributed by atoms with E-state index in [0.717, 1.165) is 5.56 Å². The molecule has 162 valence electrons. The van der Waals surface area contributed by atoms with E-state index in [4.69, 9.17) is 27.4 Å². The normalized spacial score (nSPS) is 11.5. The van der Waals surface area contributed by atoms with Gasteiger partial charge in [-0.25, -0.2) is 0 Å². The summed E-state index contributed by atoms with van der Waals surface area (Å²) in [5, 5.41) is 12.5. The number of nitriles is 1. The van der Waals surface area contributed by atoms with Crippen LogP contribution in [0.3, 0.4) is 0 Å². The van der Waals surface area contributed by atoms with E-state index in [1.165, 1.54) is 54.6 Å². The average molecular weight is 487 g/mol. The summed E-state index contributed by atoms with van der Waals surface area (Å²) >= 11 is 11.8. The largest absolute Gasteiger partial charge is 0.379 e. The van der Waals surface area contributed by atoms with Crippen molar-refractivity contribution in [2.24, 2.45) is 0 Å². The second-order valence-corrected chi connectivity index (χ2v) is 9.03. The van der Waals surface area contributed by atoms with Crippen LogP contribution in [0.2, 0.25) is 10.0 Å². The molecule has 6 nitrogen and oxygen atoms in total. The summed E-state index contributed by atoms with van der Waals surface area (Å²) in [4.78, 5) is 12.4. The van der Waals surface area contributed by atoms with Crippen LogP contribution in [0.1, 0.15) is 11.1 Å². The first-order valence-corrected chi connectivity index (χ1v) is 11.3. The number of anilines is 1. The Morgan fingerprint density at radius 2 is 1.66 bits per heavy atom. The molecule has 0 radical (unpaired) electrons. The van der Waals surface area contributed by atoms with Gasteiger partial charge in [0.1, 0.15) is 22.3 Å². The third-order valence-electron chi connectivity index (χ3n) is 4.25. The smallest absolute Gasteiger partial charge is 0.339 e. The zero-order chi connectivity index (χ0) is 23.3. The van der Waals surface area contributed by atoms with Crippen molar-refractivity contribution in [2.75, 3.05) is 5.32 Å². The Hall–Kier alpha value is -3.31. The summed E-state index contributed by atoms with van der Waals surface area (Å²) in [6, 6.07) is 18.6. The van der Waals surface area contributed by atoms with Gasteiger partial charge < -0.3 is 9.50 Å². The molecule has 0 spiro atoms. The maximum Gasteiger partial charge on any atom is 0.339 e. The number of halogens is 2. The van der Waals surface area contributed by atoms with Crippen molar-refractivity contribution in [1.82, 2.24) is 0 Å². The van der Waals surface area contributed by atoms with Crippen LogP contribution in [0.15, 0.2) is 77.2 Å². The quantitative estimate of drug-likeness (QED) is 0.277. The Morgan fingerprint density at radius 3 is 2.25 bits per heavy atom. The van der Waals surface area contributed by atoms with Crippen LogP contribution in [0.25, 0.3) is 6.08 Å². The molecule has 3 rings (SSSR count). The fourth-order valence-corrected chi connectivity index (χ4v) is 3.82. The van der Waals surface area contributed by atoms with Gasteiger partial charge in [-0.1, -0.05) is 53.0 Å². The molecule has 0 atom stereocenters. The molecule has 1 N–H and O–H groups in total. The van der Waals surface area contributed by atoms with Gasteiger partial charge in [-0.2, -0.15) is 13.7 Å². The van der Waals surface area contributed by atoms with E-state index >= 15 is 0 Å². The molecule has 0 aromatic heterocycles. The minimum Gasteiger partial charge on any atom is -0.379 e. The molecule has 0 saturated carbocycles. The van der Waals surface area contributed by atoms with E-state index in [0.29, 0.717) is 16.3 Å². The van der Waals surface area contributed by atoms with E-state index in [-0.39, 0.29) is 21.2 Å². The van der Waals surface area contributed by atoms with E-state index in [1.807, 2.05) is 13.0 Å². The van der Waals surface area contributed by atoms with Crippen molar-refractivity contribution in [3.05, 3.63) is 93.5 Å². The molecule has 0 heterocycles. The number of benzene rings is 3. The van der Waals surface area contributed by atoms with Gasteiger partial charge in [-0.05, 0) is 61.0 Å². The first-order chi connectivity index (χ1) is 15.2. The van der Waals surface area contributed by atoms with Crippen LogP contribution in [-0.2, 0) is 14.9 Å². The fourth-order valence-electron chi connectivity index (χ4n) is 2.59. The van der Waals surface area contributed by atoms with Crippen molar-refractivity contribution in [3.8, 4) is 11.8 Å². The van der Waals surface area contributed by atoms with Crippen LogP contribution >= 0.6 is 23.2 Å². The van der Waals surface area contributed by atoms with Gasteiger partial charge in [0.25, 0.3) is 5.91 Å². The first-order valence-electron chi connectivity index (χ1n) is 9.17. The Morgan fingerprint density at radius 1 is 1.00 bits per heavy atom. The minimum absolute atomic E-state index is 0.0396. The lowest BCUT2D eigenvalue weighted by molar-refractivity contribution is -0.112. The van der Waals surface area contributed by atoms with Gasteiger partial charge in [0.05, 0.1) is 10.0 Å². The number of amides is 1. The Bertz CT molecular complexity index is 1330. The number of nitrogens with zero attached hydrogens (tertiary/aromatic N) is 1. The highest BCUT2D eigenvalue weighted by atomic mass is 35.5. The summed E-state index contributed by atoms with van der Waals surface area (Å²) in [5.74, 6) is -0.533. The summed E-state index contributed by atoms with van der Waals surface area (Å²) in [6.45, 7) is 1.85. The van der Waals surface area contributed by atoms with Gasteiger partial charge in [-0.15, -0.1) is 0 Å². The van der Waals surface area contributed by atoms with E-state index in [9.17, 15) is 18.5 Å². The van der Waals surface area contributed by atoms with Crippen LogP contribution in [0.5, 0.6) is 5.75 Å². The van der Waals surface area contributed by atoms with Crippen molar-refractivity contribution < 1.29 is 17.4 Å². The third-order valence-corrected chi connectivity index (χ3v) is 6.25. The lowest BCUT2D eigenvalue weighted by Crippen LogP contribution is -2.13. The maximum absolute atomic E-state index is 12.4. The zero-order valence-electron chi connectivity index (χ0n) is 16.7. The van der Waals surface area contributed by atoms with Gasteiger partial charge in [0.15, 0.2) is 0 Å². The topological polar surface area (TPSA) is 96.3 Å². The molecule has 32 heavy (non-hydrogen) atoms. The molecule has 0 aliphatic heterocycles. The van der Waals surface area contributed by atoms with Crippen LogP contribution in [-0.4, -0.2) is 14.3 Å². The van der Waals surface area contributed by atoms with Crippen LogP contribution < -0.4 is 9.50 Å². The number of aryl methyl sites for hydroxylation is 1. The lowest BCUT2D eigenvalue weighted by atomic mass is 10.1. The molecule has 0 saturated heterocycles. The highest BCUT2D eigenvalue weighted by molar-refractivity contribution is 7.87. The molecular weight excluding hydrogens is 471 g/mol. The highest BCUT2D eigenvalue weighted by Crippen LogP contribution is 2.25. The van der Waals surface area contributed by atoms with E-state index in [2.05, 4.69) is 5.32 Å². The number of carbonyl (C=O) groups is 1. The minimum atomic E-state index is -3.98. The van der Waals surface area contributed by atoms with Gasteiger partial charge in [0.2, 0.25) is 0 Å². The Kier molecular flexibility index (Phi) is 7.21. The van der Waals surface area contributed by atoms with Gasteiger partial charge in [0, 0.05) is 5.69 Å². The predicted molar refractivity (Wildman–Crippen MR) is 124 cm³/mol. The Labute approximate surface area is 195 Å². The molecule has 0 bridgehead atoms. The average Bonchev–Trinajstić information content (AvgIpc) is 2.75. The Balaban J connectivity index is 1.73. The zero-order valence-corrected chi connectivity index (χ0v) is 19.0. The summed E-state index contributed by atoms with van der Waals surface area (Å²) in [7, 11) is -3.98. The molecule has 0 aliphatic carbocycles. The summed E-state index contributed by atoms with van der Waals surface area (Å²) in [5.41, 5.74) is 1.66. The fraction of sp³-hybridized carbons (Fsp3) is 0.0435. The highest BCUT2D eigenvalue weighted by Gasteiger charge is 2.16. The molecule has 0 unspecified atom stereocenters. The molecule has 3 aromatic rings. The van der Waals surface area contributed by atoms with Gasteiger partial charge >= 0.3 is 10.1 Å². The molecular formula is C23H16Cl2N2O4S. The molecule has 0 fully saturated rings. The molecule has 3 aromatic carbocycles. The molecule has 9 heteroatoms. The SMILES string of the molecule is Cc1ccc(S(=O)(=O)Oc2ccc(/C=C(/C#N)C(=O)Nc3ccc(Cl)c(Cl)c3)cc2)cc1. The number of hydrogen-bond acceptors (Lipinski definition) is 5. The second kappa shape index (κ2) is 9.88. The number of nitrogens with one attached hydrogen (secondary N) is 1. The van der Waals surface area contributed by atoms with Crippen molar-refractivity contribution in [2.45, 2.75) is 11.8 Å². The number of rotatable bonds is 6. The number of hydrogen-bond donors (Lipinski definition) is 1. The van der Waals surface area contributed by atoms with Gasteiger partial charge in [-0.3, -0.25) is 4.79 Å².